The summed E-state index contributed by atoms with van der Waals surface area (Å²) in [5.41, 5.74) is 5.98. The zero-order valence-electron chi connectivity index (χ0n) is 12.6. The van der Waals surface area contributed by atoms with Gasteiger partial charge in [0.05, 0.1) is 17.7 Å². The number of nitrogens with two attached hydrogens (primary N) is 1. The van der Waals surface area contributed by atoms with Crippen molar-refractivity contribution in [2.45, 2.75) is 39.2 Å². The lowest BCUT2D eigenvalue weighted by Gasteiger charge is -2.22. The van der Waals surface area contributed by atoms with Crippen molar-refractivity contribution in [2.24, 2.45) is 5.73 Å². The molecule has 0 spiro atoms. The van der Waals surface area contributed by atoms with Crippen LogP contribution in [-0.2, 0) is 9.53 Å². The van der Waals surface area contributed by atoms with Crippen molar-refractivity contribution in [2.75, 3.05) is 11.9 Å². The third-order valence-electron chi connectivity index (χ3n) is 2.92. The van der Waals surface area contributed by atoms with Crippen LogP contribution in [0.25, 0.3) is 0 Å². The van der Waals surface area contributed by atoms with Crippen LogP contribution in [0.1, 0.15) is 44.0 Å². The third-order valence-corrected chi connectivity index (χ3v) is 2.92. The van der Waals surface area contributed by atoms with Gasteiger partial charge in [0.1, 0.15) is 0 Å². The summed E-state index contributed by atoms with van der Waals surface area (Å²) in [5.74, 6) is -0.673. The van der Waals surface area contributed by atoms with Crippen molar-refractivity contribution in [3.05, 3.63) is 29.8 Å². The number of anilines is 1. The largest absolute Gasteiger partial charge is 0.462 e. The van der Waals surface area contributed by atoms with E-state index in [-0.39, 0.29) is 18.3 Å². The highest BCUT2D eigenvalue weighted by Crippen LogP contribution is 2.16. The fourth-order valence-electron chi connectivity index (χ4n) is 1.85. The molecule has 0 bridgehead atoms. The maximum Gasteiger partial charge on any atom is 0.338 e. The second kappa shape index (κ2) is 8.64. The zero-order valence-corrected chi connectivity index (χ0v) is 13.5. The van der Waals surface area contributed by atoms with Crippen LogP contribution in [0.2, 0.25) is 0 Å². The van der Waals surface area contributed by atoms with Gasteiger partial charge in [-0.3, -0.25) is 4.79 Å². The molecule has 1 rings (SSSR count). The van der Waals surface area contributed by atoms with Crippen molar-refractivity contribution in [3.63, 3.8) is 0 Å². The molecule has 3 N–H and O–H groups in total. The standard InChI is InChI=1S/C15H22N2O3.ClH/c1-4-9-15(3,16)14(19)17-12-8-6-7-11(10-12)13(18)20-5-2;/h6-8,10H,4-5,9,16H2,1-3H3,(H,17,19);1H. The normalized spacial score (nSPS) is 12.8. The molecule has 0 radical (unpaired) electrons. The monoisotopic (exact) mass is 314 g/mol. The highest BCUT2D eigenvalue weighted by atomic mass is 35.5. The number of benzene rings is 1. The Morgan fingerprint density at radius 3 is 2.57 bits per heavy atom. The van der Waals surface area contributed by atoms with Crippen molar-refractivity contribution in [1.82, 2.24) is 0 Å². The van der Waals surface area contributed by atoms with Gasteiger partial charge in [0.15, 0.2) is 0 Å². The van der Waals surface area contributed by atoms with Crippen LogP contribution < -0.4 is 11.1 Å². The highest BCUT2D eigenvalue weighted by Gasteiger charge is 2.27. The summed E-state index contributed by atoms with van der Waals surface area (Å²) in [6.45, 7) is 5.72. The molecule has 0 aromatic heterocycles. The van der Waals surface area contributed by atoms with E-state index in [0.29, 0.717) is 24.3 Å². The van der Waals surface area contributed by atoms with Gasteiger partial charge >= 0.3 is 5.97 Å². The SMILES string of the molecule is CCCC(C)(N)C(=O)Nc1cccc(C(=O)OCC)c1.Cl. The van der Waals surface area contributed by atoms with Gasteiger partial charge in [-0.1, -0.05) is 19.4 Å². The molecule has 0 saturated heterocycles. The molecule has 0 fully saturated rings. The zero-order chi connectivity index (χ0) is 15.2. The minimum Gasteiger partial charge on any atom is -0.462 e. The number of amides is 1. The van der Waals surface area contributed by atoms with E-state index in [4.69, 9.17) is 10.5 Å². The summed E-state index contributed by atoms with van der Waals surface area (Å²) >= 11 is 0. The fourth-order valence-corrected chi connectivity index (χ4v) is 1.85. The van der Waals surface area contributed by atoms with E-state index in [1.165, 1.54) is 0 Å². The minimum atomic E-state index is -0.922. The molecule has 1 atom stereocenters. The lowest BCUT2D eigenvalue weighted by molar-refractivity contribution is -0.120. The third kappa shape index (κ3) is 5.73. The average Bonchev–Trinajstić information content (AvgIpc) is 2.39. The number of hydrogen-bond acceptors (Lipinski definition) is 4. The molecular formula is C15H23ClN2O3. The van der Waals surface area contributed by atoms with Crippen molar-refractivity contribution >= 4 is 30.0 Å². The molecule has 1 aromatic carbocycles. The lowest BCUT2D eigenvalue weighted by atomic mass is 9.96. The van der Waals surface area contributed by atoms with E-state index in [9.17, 15) is 9.59 Å². The van der Waals surface area contributed by atoms with E-state index in [1.807, 2.05) is 6.92 Å². The maximum absolute atomic E-state index is 12.1. The van der Waals surface area contributed by atoms with Crippen molar-refractivity contribution in [3.8, 4) is 0 Å². The first-order valence-corrected chi connectivity index (χ1v) is 6.78. The average molecular weight is 315 g/mol. The lowest BCUT2D eigenvalue weighted by Crippen LogP contribution is -2.48. The van der Waals surface area contributed by atoms with Gasteiger partial charge in [-0.25, -0.2) is 4.79 Å². The molecular weight excluding hydrogens is 292 g/mol. The first kappa shape index (κ1) is 19.4. The highest BCUT2D eigenvalue weighted by molar-refractivity contribution is 5.99. The van der Waals surface area contributed by atoms with E-state index < -0.39 is 11.5 Å². The fraction of sp³-hybridized carbons (Fsp3) is 0.467. The van der Waals surface area contributed by atoms with Gasteiger partial charge in [-0.2, -0.15) is 0 Å². The van der Waals surface area contributed by atoms with Crippen LogP contribution >= 0.6 is 12.4 Å². The summed E-state index contributed by atoms with van der Waals surface area (Å²) in [6.07, 6.45) is 1.42. The van der Waals surface area contributed by atoms with E-state index >= 15 is 0 Å². The summed E-state index contributed by atoms with van der Waals surface area (Å²) in [5, 5.41) is 2.73. The molecule has 5 nitrogen and oxygen atoms in total. The van der Waals surface area contributed by atoms with Crippen LogP contribution in [0.5, 0.6) is 0 Å². The predicted octanol–water partition coefficient (Wildman–Crippen LogP) is 2.74. The summed E-state index contributed by atoms with van der Waals surface area (Å²) < 4.78 is 4.92. The Labute approximate surface area is 131 Å². The second-order valence-corrected chi connectivity index (χ2v) is 4.92. The Balaban J connectivity index is 0.00000400. The number of nitrogens with one attached hydrogen (secondary N) is 1. The number of rotatable bonds is 6. The molecule has 0 saturated carbocycles. The molecule has 6 heteroatoms. The van der Waals surface area contributed by atoms with Crippen LogP contribution in [0.4, 0.5) is 5.69 Å². The molecule has 21 heavy (non-hydrogen) atoms. The first-order chi connectivity index (χ1) is 9.40. The van der Waals surface area contributed by atoms with Gasteiger partial charge in [0, 0.05) is 5.69 Å². The van der Waals surface area contributed by atoms with Crippen LogP contribution in [-0.4, -0.2) is 24.0 Å². The van der Waals surface area contributed by atoms with Gasteiger partial charge in [-0.05, 0) is 38.5 Å². The molecule has 1 aromatic rings. The Hall–Kier alpha value is -1.59. The number of carbonyl (C=O) groups excluding carboxylic acids is 2. The van der Waals surface area contributed by atoms with Gasteiger partial charge in [0.25, 0.3) is 0 Å². The summed E-state index contributed by atoms with van der Waals surface area (Å²) in [4.78, 5) is 23.7. The molecule has 0 aliphatic carbocycles. The van der Waals surface area contributed by atoms with Crippen molar-refractivity contribution in [1.29, 1.82) is 0 Å². The molecule has 0 heterocycles. The molecule has 118 valence electrons. The summed E-state index contributed by atoms with van der Waals surface area (Å²) in [6, 6.07) is 6.62. The quantitative estimate of drug-likeness (QED) is 0.791. The topological polar surface area (TPSA) is 81.4 Å². The predicted molar refractivity (Wildman–Crippen MR) is 85.8 cm³/mol. The number of esters is 1. The van der Waals surface area contributed by atoms with Crippen molar-refractivity contribution < 1.29 is 14.3 Å². The van der Waals surface area contributed by atoms with Gasteiger partial charge in [-0.15, -0.1) is 12.4 Å². The van der Waals surface area contributed by atoms with E-state index in [1.54, 1.807) is 38.1 Å². The molecule has 0 aliphatic rings. The van der Waals surface area contributed by atoms with E-state index in [0.717, 1.165) is 6.42 Å². The van der Waals surface area contributed by atoms with Gasteiger partial charge in [0.2, 0.25) is 5.91 Å². The smallest absolute Gasteiger partial charge is 0.338 e. The number of halogens is 1. The van der Waals surface area contributed by atoms with Crippen LogP contribution in [0, 0.1) is 0 Å². The molecule has 1 unspecified atom stereocenters. The second-order valence-electron chi connectivity index (χ2n) is 4.92. The van der Waals surface area contributed by atoms with Gasteiger partial charge < -0.3 is 15.8 Å². The Morgan fingerprint density at radius 1 is 1.33 bits per heavy atom. The Morgan fingerprint density at radius 2 is 2.00 bits per heavy atom. The first-order valence-electron chi connectivity index (χ1n) is 6.78. The number of hydrogen-bond donors (Lipinski definition) is 2. The van der Waals surface area contributed by atoms with Crippen LogP contribution in [0.3, 0.4) is 0 Å². The Bertz CT molecular complexity index is 490. The Kier molecular flexibility index (Phi) is 7.99. The summed E-state index contributed by atoms with van der Waals surface area (Å²) in [7, 11) is 0. The van der Waals surface area contributed by atoms with Crippen LogP contribution in [0.15, 0.2) is 24.3 Å². The number of carbonyl (C=O) groups is 2. The minimum absolute atomic E-state index is 0. The molecule has 1 amide bonds. The maximum atomic E-state index is 12.1. The van der Waals surface area contributed by atoms with E-state index in [2.05, 4.69) is 5.32 Å². The number of ether oxygens (including phenoxy) is 1. The molecule has 0 aliphatic heterocycles.